The first kappa shape index (κ1) is 38.7. The molecule has 0 spiro atoms. The van der Waals surface area contributed by atoms with Crippen LogP contribution in [0.4, 0.5) is 0 Å². The van der Waals surface area contributed by atoms with Crippen molar-refractivity contribution in [2.24, 2.45) is 10.8 Å². The Kier molecular flexibility index (Phi) is 11.7. The van der Waals surface area contributed by atoms with E-state index in [2.05, 4.69) is 47.4 Å². The maximum atomic E-state index is 13.0. The van der Waals surface area contributed by atoms with Crippen molar-refractivity contribution in [1.29, 1.82) is 0 Å². The third-order valence-corrected chi connectivity index (χ3v) is 14.2. The molecular formula is C35H60O10Si. The van der Waals surface area contributed by atoms with E-state index in [1.54, 1.807) is 41.5 Å². The van der Waals surface area contributed by atoms with Crippen LogP contribution >= 0.6 is 0 Å². The largest absolute Gasteiger partial charge is 0.462 e. The van der Waals surface area contributed by atoms with Crippen molar-refractivity contribution in [2.75, 3.05) is 13.2 Å². The number of fused-ring (bicyclic) bond motifs is 2. The van der Waals surface area contributed by atoms with Crippen LogP contribution in [0.15, 0.2) is 12.2 Å². The summed E-state index contributed by atoms with van der Waals surface area (Å²) in [5.74, 6) is -1.07. The third-order valence-electron chi connectivity index (χ3n) is 9.71. The van der Waals surface area contributed by atoms with Gasteiger partial charge in [-0.3, -0.25) is 14.4 Å². The molecule has 0 aromatic heterocycles. The summed E-state index contributed by atoms with van der Waals surface area (Å²) in [6.07, 6.45) is -0.934. The fourth-order valence-corrected chi connectivity index (χ4v) is 7.11. The van der Waals surface area contributed by atoms with Gasteiger partial charge in [0.05, 0.1) is 41.3 Å². The van der Waals surface area contributed by atoms with Crippen molar-refractivity contribution in [3.8, 4) is 0 Å². The predicted octanol–water partition coefficient (Wildman–Crippen LogP) is 6.30. The van der Waals surface area contributed by atoms with Gasteiger partial charge in [-0.2, -0.15) is 0 Å². The number of carbonyl (C=O) groups is 3. The first-order chi connectivity index (χ1) is 20.8. The number of esters is 3. The van der Waals surface area contributed by atoms with Crippen molar-refractivity contribution in [3.05, 3.63) is 12.2 Å². The molecule has 0 unspecified atom stereocenters. The molecule has 46 heavy (non-hydrogen) atoms. The van der Waals surface area contributed by atoms with Crippen LogP contribution in [0.1, 0.15) is 102 Å². The lowest BCUT2D eigenvalue weighted by Gasteiger charge is -2.58. The second-order valence-electron chi connectivity index (χ2n) is 17.2. The molecular weight excluding hydrogens is 608 g/mol. The molecule has 8 atom stereocenters. The fourth-order valence-electron chi connectivity index (χ4n) is 5.72. The quantitative estimate of drug-likeness (QED) is 0.120. The molecule has 0 amide bonds. The average Bonchev–Trinajstić information content (AvgIpc) is 2.88. The van der Waals surface area contributed by atoms with E-state index in [1.165, 1.54) is 6.92 Å². The summed E-state index contributed by atoms with van der Waals surface area (Å²) in [4.78, 5) is 37.1. The monoisotopic (exact) mass is 668 g/mol. The van der Waals surface area contributed by atoms with Crippen LogP contribution in [-0.2, 0) is 47.2 Å². The number of carbonyl (C=O) groups excluding carboxylic acids is 3. The van der Waals surface area contributed by atoms with Gasteiger partial charge in [0.25, 0.3) is 0 Å². The lowest BCUT2D eigenvalue weighted by Crippen LogP contribution is -2.69. The summed E-state index contributed by atoms with van der Waals surface area (Å²) in [7, 11) is -2.24. The Hall–Kier alpha value is -1.79. The molecule has 0 saturated carbocycles. The second-order valence-corrected chi connectivity index (χ2v) is 21.9. The van der Waals surface area contributed by atoms with Crippen LogP contribution in [0, 0.1) is 10.8 Å². The van der Waals surface area contributed by atoms with Crippen molar-refractivity contribution >= 4 is 26.2 Å². The van der Waals surface area contributed by atoms with E-state index in [0.717, 1.165) is 5.57 Å². The zero-order valence-electron chi connectivity index (χ0n) is 30.6. The van der Waals surface area contributed by atoms with E-state index < -0.39 is 43.1 Å². The maximum absolute atomic E-state index is 13.0. The highest BCUT2D eigenvalue weighted by Gasteiger charge is 2.59. The number of rotatable bonds is 9. The van der Waals surface area contributed by atoms with Crippen molar-refractivity contribution in [3.63, 3.8) is 0 Å². The Bertz CT molecular complexity index is 1130. The molecule has 3 saturated heterocycles. The molecule has 3 heterocycles. The van der Waals surface area contributed by atoms with E-state index in [9.17, 15) is 14.4 Å². The predicted molar refractivity (Wildman–Crippen MR) is 177 cm³/mol. The van der Waals surface area contributed by atoms with Crippen LogP contribution in [0.5, 0.6) is 0 Å². The van der Waals surface area contributed by atoms with Crippen LogP contribution in [0.25, 0.3) is 0 Å². The Morgan fingerprint density at radius 1 is 0.870 bits per heavy atom. The van der Waals surface area contributed by atoms with Gasteiger partial charge < -0.3 is 32.8 Å². The Balaban J connectivity index is 1.90. The van der Waals surface area contributed by atoms with Gasteiger partial charge in [0.2, 0.25) is 0 Å². The summed E-state index contributed by atoms with van der Waals surface area (Å²) in [6.45, 7) is 29.6. The summed E-state index contributed by atoms with van der Waals surface area (Å²) in [5.41, 5.74) is -1.43. The molecule has 11 heteroatoms. The van der Waals surface area contributed by atoms with Gasteiger partial charge in [-0.05, 0) is 78.6 Å². The number of hydrogen-bond acceptors (Lipinski definition) is 10. The molecule has 264 valence electrons. The molecule has 3 aliphatic rings. The minimum Gasteiger partial charge on any atom is -0.462 e. The highest BCUT2D eigenvalue weighted by atomic mass is 28.4. The zero-order chi connectivity index (χ0) is 35.0. The summed E-state index contributed by atoms with van der Waals surface area (Å²) in [6, 6.07) is 0. The van der Waals surface area contributed by atoms with Crippen molar-refractivity contribution in [1.82, 2.24) is 0 Å². The van der Waals surface area contributed by atoms with Crippen molar-refractivity contribution < 1.29 is 47.2 Å². The third kappa shape index (κ3) is 9.42. The minimum absolute atomic E-state index is 0.0271. The van der Waals surface area contributed by atoms with E-state index in [0.29, 0.717) is 25.7 Å². The van der Waals surface area contributed by atoms with Gasteiger partial charge in [-0.25, -0.2) is 0 Å². The van der Waals surface area contributed by atoms with Gasteiger partial charge in [-0.1, -0.05) is 27.4 Å². The van der Waals surface area contributed by atoms with E-state index in [1.807, 2.05) is 0 Å². The normalized spacial score (nSPS) is 32.1. The van der Waals surface area contributed by atoms with E-state index >= 15 is 0 Å². The molecule has 0 aromatic carbocycles. The first-order valence-electron chi connectivity index (χ1n) is 16.7. The van der Waals surface area contributed by atoms with Crippen LogP contribution in [-0.4, -0.2) is 87.8 Å². The highest BCUT2D eigenvalue weighted by Crippen LogP contribution is 2.48. The molecule has 0 aliphatic carbocycles. The van der Waals surface area contributed by atoms with Crippen molar-refractivity contribution in [2.45, 2.75) is 168 Å². The van der Waals surface area contributed by atoms with Gasteiger partial charge in [0.15, 0.2) is 8.32 Å². The topological polar surface area (TPSA) is 116 Å². The SMILES string of the molecule is C=C(COC(C)=O)C[C@@H]1C[C@H](O[Si](C)(C)C(C)(C)C)[C@]2(C)O[C@@H]3C[C@H](OC(=O)C(C)(C)C)[C@@H](COC(=O)C(C)(C)C)O[C@H]3C[C@H]2O1. The lowest BCUT2D eigenvalue weighted by atomic mass is 9.77. The standard InChI is InChI=1S/C35H60O10Si/c1-21(19-39-22(2)36)15-23-16-29(45-46(13,14)34(9,10)11)35(12)28(41-23)18-25-26(44-35)17-24(43-31(38)33(6,7)8)27(42-25)20-40-30(37)32(3,4)5/h23-29H,1,15-20H2,2-14H3/t23-,24+,25+,26-,27-,28-,29+,35-/m1/s1. The zero-order valence-corrected chi connectivity index (χ0v) is 31.6. The summed E-state index contributed by atoms with van der Waals surface area (Å²) >= 11 is 0. The molecule has 3 fully saturated rings. The van der Waals surface area contributed by atoms with Gasteiger partial charge in [-0.15, -0.1) is 0 Å². The summed E-state index contributed by atoms with van der Waals surface area (Å²) in [5, 5.41) is -0.0271. The molecule has 10 nitrogen and oxygen atoms in total. The molecule has 3 aliphatic heterocycles. The maximum Gasteiger partial charge on any atom is 0.311 e. The minimum atomic E-state index is -2.24. The van der Waals surface area contributed by atoms with Crippen LogP contribution in [0.2, 0.25) is 18.1 Å². The molecule has 0 aromatic rings. The van der Waals surface area contributed by atoms with Gasteiger partial charge in [0, 0.05) is 26.2 Å². The van der Waals surface area contributed by atoms with E-state index in [-0.39, 0.29) is 60.6 Å². The Morgan fingerprint density at radius 3 is 2.02 bits per heavy atom. The molecule has 3 rings (SSSR count). The Morgan fingerprint density at radius 2 is 1.48 bits per heavy atom. The van der Waals surface area contributed by atoms with Gasteiger partial charge in [0.1, 0.15) is 31.0 Å². The molecule has 0 bridgehead atoms. The second kappa shape index (κ2) is 14.0. The summed E-state index contributed by atoms with van der Waals surface area (Å²) < 4.78 is 44.2. The number of hydrogen-bond donors (Lipinski definition) is 0. The Labute approximate surface area is 277 Å². The number of ether oxygens (including phenoxy) is 6. The molecule has 0 radical (unpaired) electrons. The first-order valence-corrected chi connectivity index (χ1v) is 19.6. The highest BCUT2D eigenvalue weighted by molar-refractivity contribution is 6.74. The van der Waals surface area contributed by atoms with Gasteiger partial charge >= 0.3 is 17.9 Å². The van der Waals surface area contributed by atoms with Crippen LogP contribution in [0.3, 0.4) is 0 Å². The smallest absolute Gasteiger partial charge is 0.311 e. The molecule has 0 N–H and O–H groups in total. The average molecular weight is 669 g/mol. The van der Waals surface area contributed by atoms with Crippen LogP contribution < -0.4 is 0 Å². The fraction of sp³-hybridized carbons (Fsp3) is 0.857. The lowest BCUT2D eigenvalue weighted by molar-refractivity contribution is -0.324. The van der Waals surface area contributed by atoms with E-state index in [4.69, 9.17) is 32.8 Å².